The molecular weight excluding hydrogens is 634 g/mol. The molecule has 0 unspecified atom stereocenters. The second-order valence-electron chi connectivity index (χ2n) is 14.4. The van der Waals surface area contributed by atoms with Crippen molar-refractivity contribution in [2.75, 3.05) is 45.2 Å². The largest absolute Gasteiger partial charge is 0.490 e. The highest BCUT2D eigenvalue weighted by molar-refractivity contribution is 7.90. The van der Waals surface area contributed by atoms with Crippen LogP contribution in [0.15, 0.2) is 48.6 Å². The smallest absolute Gasteiger partial charge is 0.264 e. The number of benzene rings is 2. The van der Waals surface area contributed by atoms with Gasteiger partial charge in [-0.25, -0.2) is 13.1 Å². The van der Waals surface area contributed by atoms with E-state index >= 15 is 0 Å². The Labute approximate surface area is 284 Å². The maximum Gasteiger partial charge on any atom is 0.264 e. The van der Waals surface area contributed by atoms with Crippen LogP contribution in [0.2, 0.25) is 5.02 Å². The molecule has 2 aromatic rings. The lowest BCUT2D eigenvalue weighted by Crippen LogP contribution is -2.52. The summed E-state index contributed by atoms with van der Waals surface area (Å²) in [6.45, 7) is 5.73. The Morgan fingerprint density at radius 1 is 1.17 bits per heavy atom. The molecule has 1 fully saturated rings. The Bertz CT molecular complexity index is 1730. The van der Waals surface area contributed by atoms with Gasteiger partial charge in [0.15, 0.2) is 0 Å². The number of nitrogens with zero attached hydrogens (tertiary/aromatic N) is 2. The first-order valence-corrected chi connectivity index (χ1v) is 18.6. The molecule has 0 radical (unpaired) electrons. The lowest BCUT2D eigenvalue weighted by atomic mass is 9.64. The minimum Gasteiger partial charge on any atom is -0.490 e. The molecule has 0 aromatic heterocycles. The standard InChI is InChI=1S/C37H46ClN3O5S/c1-25-8-5-17-37(43,18-7-19-40(3)4)32-13-10-29(32)22-41-23-36(16-6-9-27-20-30(38)12-14-31(27)36)24-46-34-15-11-28(21-33(34)41)35(42)39-47(44,45)26(25)2/h5,11-12,14-15,17,20-21,25-26,29,32,43H,6,8-10,13,16,19,22-24H2,1-4H3,(H,39,42)/b17-5-/t25-,26+,29-,32+,36-,37+/m0/s1. The SMILES string of the molecule is C[C@@H]1[C@@H](C)C/C=C\[C@@](O)(C#CCN(C)C)[C@@H]2CC[C@H]2CN2C[C@@]3(CCCc4cc(Cl)ccc43)COc3ccc(cc32)C(=O)NS1(=O)=O. The maximum atomic E-state index is 13.5. The number of hydrogen-bond acceptors (Lipinski definition) is 7. The summed E-state index contributed by atoms with van der Waals surface area (Å²) in [6, 6.07) is 11.3. The molecule has 10 heteroatoms. The van der Waals surface area contributed by atoms with Crippen LogP contribution in [0.3, 0.4) is 0 Å². The molecule has 1 spiro atoms. The molecule has 6 atom stereocenters. The van der Waals surface area contributed by atoms with Crippen LogP contribution in [0.4, 0.5) is 5.69 Å². The van der Waals surface area contributed by atoms with Gasteiger partial charge in [-0.3, -0.25) is 9.69 Å². The fourth-order valence-electron chi connectivity index (χ4n) is 7.74. The van der Waals surface area contributed by atoms with Gasteiger partial charge < -0.3 is 14.7 Å². The molecule has 2 bridgehead atoms. The van der Waals surface area contributed by atoms with E-state index in [0.717, 1.165) is 42.8 Å². The Morgan fingerprint density at radius 3 is 2.72 bits per heavy atom. The van der Waals surface area contributed by atoms with Crippen molar-refractivity contribution in [2.45, 2.75) is 68.6 Å². The fraction of sp³-hybridized carbons (Fsp3) is 0.541. The number of rotatable bonds is 1. The number of anilines is 1. The third-order valence-electron chi connectivity index (χ3n) is 10.8. The van der Waals surface area contributed by atoms with E-state index in [1.165, 1.54) is 11.1 Å². The predicted octanol–water partition coefficient (Wildman–Crippen LogP) is 5.18. The van der Waals surface area contributed by atoms with E-state index in [9.17, 15) is 18.3 Å². The fourth-order valence-corrected chi connectivity index (χ4v) is 9.22. The summed E-state index contributed by atoms with van der Waals surface area (Å²) in [5, 5.41) is 12.1. The summed E-state index contributed by atoms with van der Waals surface area (Å²) in [5.74, 6) is 6.11. The van der Waals surface area contributed by atoms with Crippen molar-refractivity contribution in [3.05, 3.63) is 70.3 Å². The molecule has 47 heavy (non-hydrogen) atoms. The lowest BCUT2D eigenvalue weighted by Gasteiger charge is -2.47. The number of hydrogen-bond donors (Lipinski definition) is 2. The molecule has 4 aliphatic rings. The van der Waals surface area contributed by atoms with Crippen molar-refractivity contribution < 1.29 is 23.1 Å². The Hall–Kier alpha value is -3.03. The van der Waals surface area contributed by atoms with Crippen LogP contribution in [-0.2, 0) is 21.9 Å². The minimum absolute atomic E-state index is 0.106. The zero-order chi connectivity index (χ0) is 33.6. The molecule has 252 valence electrons. The highest BCUT2D eigenvalue weighted by Crippen LogP contribution is 2.48. The highest BCUT2D eigenvalue weighted by atomic mass is 35.5. The molecular formula is C37H46ClN3O5S. The normalized spacial score (nSPS) is 32.4. The molecule has 6 rings (SSSR count). The van der Waals surface area contributed by atoms with Crippen LogP contribution >= 0.6 is 11.6 Å². The van der Waals surface area contributed by atoms with Gasteiger partial charge in [0, 0.05) is 35.0 Å². The average Bonchev–Trinajstić information content (AvgIpc) is 3.14. The van der Waals surface area contributed by atoms with Crippen molar-refractivity contribution in [3.8, 4) is 17.6 Å². The number of nitrogens with one attached hydrogen (secondary N) is 1. The van der Waals surface area contributed by atoms with Crippen LogP contribution in [0.5, 0.6) is 5.75 Å². The van der Waals surface area contributed by atoms with Crippen molar-refractivity contribution in [3.63, 3.8) is 0 Å². The molecule has 2 aliphatic carbocycles. The monoisotopic (exact) mass is 679 g/mol. The van der Waals surface area contributed by atoms with Crippen LogP contribution < -0.4 is 14.4 Å². The van der Waals surface area contributed by atoms with Crippen LogP contribution in [0, 0.1) is 29.6 Å². The summed E-state index contributed by atoms with van der Waals surface area (Å²) in [7, 11) is -0.0892. The van der Waals surface area contributed by atoms with Crippen molar-refractivity contribution in [2.24, 2.45) is 17.8 Å². The van der Waals surface area contributed by atoms with E-state index in [1.807, 2.05) is 38.1 Å². The maximum absolute atomic E-state index is 13.5. The van der Waals surface area contributed by atoms with E-state index in [0.29, 0.717) is 38.4 Å². The Morgan fingerprint density at radius 2 is 1.98 bits per heavy atom. The van der Waals surface area contributed by atoms with Gasteiger partial charge in [-0.1, -0.05) is 42.5 Å². The Balaban J connectivity index is 1.45. The number of allylic oxidation sites excluding steroid dienone is 1. The third-order valence-corrected chi connectivity index (χ3v) is 13.0. The van der Waals surface area contributed by atoms with Crippen molar-refractivity contribution in [1.82, 2.24) is 9.62 Å². The van der Waals surface area contributed by atoms with Gasteiger partial charge in [0.05, 0.1) is 24.1 Å². The van der Waals surface area contributed by atoms with Crippen molar-refractivity contribution >= 4 is 33.2 Å². The van der Waals surface area contributed by atoms with Gasteiger partial charge in [0.1, 0.15) is 11.4 Å². The second kappa shape index (κ2) is 13.1. The van der Waals surface area contributed by atoms with Gasteiger partial charge in [-0.05, 0) is 119 Å². The van der Waals surface area contributed by atoms with E-state index in [1.54, 1.807) is 31.2 Å². The molecule has 2 heterocycles. The van der Waals surface area contributed by atoms with Crippen LogP contribution in [-0.4, -0.2) is 75.5 Å². The summed E-state index contributed by atoms with van der Waals surface area (Å²) in [4.78, 5) is 17.7. The van der Waals surface area contributed by atoms with Gasteiger partial charge in [-0.15, -0.1) is 0 Å². The number of carbonyl (C=O) groups is 1. The third kappa shape index (κ3) is 6.80. The minimum atomic E-state index is -3.98. The first kappa shape index (κ1) is 33.9. The number of halogens is 1. The molecule has 2 aliphatic heterocycles. The molecule has 8 nitrogen and oxygen atoms in total. The van der Waals surface area contributed by atoms with Gasteiger partial charge in [0.2, 0.25) is 10.0 Å². The summed E-state index contributed by atoms with van der Waals surface area (Å²) >= 11 is 6.43. The molecule has 1 amide bonds. The quantitative estimate of drug-likeness (QED) is 0.317. The second-order valence-corrected chi connectivity index (χ2v) is 16.9. The van der Waals surface area contributed by atoms with Gasteiger partial charge in [0.25, 0.3) is 5.91 Å². The predicted molar refractivity (Wildman–Crippen MR) is 186 cm³/mol. The molecule has 1 saturated carbocycles. The molecule has 0 saturated heterocycles. The van der Waals surface area contributed by atoms with Crippen molar-refractivity contribution in [1.29, 1.82) is 0 Å². The zero-order valence-electron chi connectivity index (χ0n) is 27.8. The first-order valence-electron chi connectivity index (χ1n) is 16.7. The van der Waals surface area contributed by atoms with E-state index < -0.39 is 26.8 Å². The number of carbonyl (C=O) groups excluding carboxylic acids is 1. The number of aliphatic hydroxyl groups is 1. The van der Waals surface area contributed by atoms with Crippen LogP contribution in [0.25, 0.3) is 0 Å². The lowest BCUT2D eigenvalue weighted by molar-refractivity contribution is -0.00327. The number of sulfonamides is 1. The number of fused-ring (bicyclic) bond motifs is 4. The zero-order valence-corrected chi connectivity index (χ0v) is 29.3. The van der Waals surface area contributed by atoms with Gasteiger partial charge >= 0.3 is 0 Å². The van der Waals surface area contributed by atoms with E-state index in [2.05, 4.69) is 33.6 Å². The topological polar surface area (TPSA) is 99.2 Å². The number of amides is 1. The summed E-state index contributed by atoms with van der Waals surface area (Å²) in [6.07, 6.45) is 8.72. The highest BCUT2D eigenvalue weighted by Gasteiger charge is 2.47. The van der Waals surface area contributed by atoms with E-state index in [-0.39, 0.29) is 28.7 Å². The van der Waals surface area contributed by atoms with Crippen LogP contribution in [0.1, 0.15) is 67.4 Å². The average molecular weight is 680 g/mol. The first-order chi connectivity index (χ1) is 22.3. The summed E-state index contributed by atoms with van der Waals surface area (Å²) in [5.41, 5.74) is 1.82. The number of ether oxygens (including phenoxy) is 1. The van der Waals surface area contributed by atoms with E-state index in [4.69, 9.17) is 16.3 Å². The molecule has 2 aromatic carbocycles. The molecule has 2 N–H and O–H groups in total. The number of aryl methyl sites for hydroxylation is 1. The summed E-state index contributed by atoms with van der Waals surface area (Å²) < 4.78 is 35.6. The van der Waals surface area contributed by atoms with Gasteiger partial charge in [-0.2, -0.15) is 0 Å². The Kier molecular flexibility index (Phi) is 9.45.